The van der Waals surface area contributed by atoms with Crippen LogP contribution >= 0.6 is 0 Å². The first-order valence-corrected chi connectivity index (χ1v) is 9.79. The molecule has 0 aliphatic rings. The van der Waals surface area contributed by atoms with Gasteiger partial charge in [-0.05, 0) is 36.6 Å². The van der Waals surface area contributed by atoms with Crippen LogP contribution in [0.25, 0.3) is 22.1 Å². The minimum atomic E-state index is -1.35. The molecule has 32 heavy (non-hydrogen) atoms. The van der Waals surface area contributed by atoms with Gasteiger partial charge in [0.1, 0.15) is 17.4 Å². The molecule has 0 aliphatic carbocycles. The van der Waals surface area contributed by atoms with Gasteiger partial charge in [0, 0.05) is 23.9 Å². The van der Waals surface area contributed by atoms with Gasteiger partial charge in [0.05, 0.1) is 0 Å². The number of fused-ring (bicyclic) bond motifs is 1. The quantitative estimate of drug-likeness (QED) is 0.432. The monoisotopic (exact) mass is 439 g/mol. The number of hydrogen-bond donors (Lipinski definition) is 3. The molecule has 0 fully saturated rings. The molecule has 9 nitrogen and oxygen atoms in total. The molecule has 166 valence electrons. The fourth-order valence-corrected chi connectivity index (χ4v) is 3.14. The first-order chi connectivity index (χ1) is 15.2. The van der Waals surface area contributed by atoms with Crippen LogP contribution in [0.3, 0.4) is 0 Å². The lowest BCUT2D eigenvalue weighted by Crippen LogP contribution is -2.46. The normalized spacial score (nSPS) is 12.7. The van der Waals surface area contributed by atoms with Crippen molar-refractivity contribution in [1.29, 1.82) is 0 Å². The van der Waals surface area contributed by atoms with Crippen LogP contribution < -0.4 is 15.7 Å². The van der Waals surface area contributed by atoms with E-state index in [4.69, 9.17) is 14.3 Å². The van der Waals surface area contributed by atoms with Gasteiger partial charge in [-0.1, -0.05) is 30.3 Å². The summed E-state index contributed by atoms with van der Waals surface area (Å²) in [6.07, 6.45) is -1.74. The molecule has 0 saturated carbocycles. The Morgan fingerprint density at radius 2 is 1.78 bits per heavy atom. The van der Waals surface area contributed by atoms with Crippen LogP contribution in [-0.2, 0) is 14.4 Å². The topological polar surface area (TPSA) is 143 Å². The van der Waals surface area contributed by atoms with Crippen LogP contribution in [0.4, 0.5) is 0 Å². The van der Waals surface area contributed by atoms with Gasteiger partial charge in [-0.2, -0.15) is 0 Å². The van der Waals surface area contributed by atoms with E-state index in [0.29, 0.717) is 10.9 Å². The van der Waals surface area contributed by atoms with E-state index in [-0.39, 0.29) is 17.8 Å². The zero-order valence-corrected chi connectivity index (χ0v) is 17.1. The summed E-state index contributed by atoms with van der Waals surface area (Å²) in [5.41, 5.74) is 1.26. The number of carbonyl (C=O) groups is 3. The molecule has 3 N–H and O–H groups in total. The summed E-state index contributed by atoms with van der Waals surface area (Å²) in [6.45, 7) is 1.42. The van der Waals surface area contributed by atoms with Crippen molar-refractivity contribution in [2.45, 2.75) is 31.9 Å². The largest absolute Gasteiger partial charge is 0.481 e. The lowest BCUT2D eigenvalue weighted by molar-refractivity contribution is -0.144. The molecule has 1 amide bonds. The van der Waals surface area contributed by atoms with Gasteiger partial charge < -0.3 is 24.7 Å². The van der Waals surface area contributed by atoms with Crippen molar-refractivity contribution >= 4 is 28.8 Å². The van der Waals surface area contributed by atoms with Crippen molar-refractivity contribution < 1.29 is 33.8 Å². The van der Waals surface area contributed by atoms with E-state index < -0.39 is 42.0 Å². The second kappa shape index (κ2) is 9.78. The number of carbonyl (C=O) groups excluding carboxylic acids is 1. The number of carboxylic acid groups (broad SMARTS) is 2. The van der Waals surface area contributed by atoms with E-state index in [0.717, 1.165) is 5.56 Å². The fraction of sp³-hybridized carbons (Fsp3) is 0.217. The third-order valence-electron chi connectivity index (χ3n) is 4.74. The molecular formula is C23H21NO8. The van der Waals surface area contributed by atoms with E-state index in [2.05, 4.69) is 5.32 Å². The van der Waals surface area contributed by atoms with Crippen molar-refractivity contribution in [3.05, 3.63) is 65.0 Å². The Bertz CT molecular complexity index is 1200. The number of rotatable bonds is 9. The number of aliphatic carboxylic acids is 2. The molecule has 9 heteroatoms. The van der Waals surface area contributed by atoms with Crippen molar-refractivity contribution in [3.63, 3.8) is 0 Å². The maximum atomic E-state index is 12.3. The van der Waals surface area contributed by atoms with Crippen LogP contribution in [-0.4, -0.2) is 40.2 Å². The summed E-state index contributed by atoms with van der Waals surface area (Å²) in [5, 5.41) is 20.8. The van der Waals surface area contributed by atoms with Gasteiger partial charge in [-0.15, -0.1) is 0 Å². The lowest BCUT2D eigenvalue weighted by atomic mass is 10.0. The lowest BCUT2D eigenvalue weighted by Gasteiger charge is -2.18. The van der Waals surface area contributed by atoms with Crippen molar-refractivity contribution in [1.82, 2.24) is 5.32 Å². The van der Waals surface area contributed by atoms with Crippen molar-refractivity contribution in [2.24, 2.45) is 0 Å². The molecule has 2 aromatic carbocycles. The van der Waals surface area contributed by atoms with E-state index in [9.17, 15) is 24.3 Å². The third-order valence-corrected chi connectivity index (χ3v) is 4.74. The molecule has 2 atom stereocenters. The van der Waals surface area contributed by atoms with Gasteiger partial charge in [0.25, 0.3) is 5.91 Å². The Morgan fingerprint density at radius 3 is 2.44 bits per heavy atom. The van der Waals surface area contributed by atoms with Gasteiger partial charge in [-0.3, -0.25) is 9.59 Å². The van der Waals surface area contributed by atoms with Crippen LogP contribution in [0.5, 0.6) is 5.75 Å². The number of benzene rings is 2. The Kier molecular flexibility index (Phi) is 6.89. The standard InChI is InChI=1S/C23H21NO8/c1-13(22(28)24-18(23(29)30)9-10-20(25)26)31-15-7-8-16-17(14-5-3-2-4-6-14)12-21(27)32-19(16)11-15/h2-8,11-13,18H,9-10H2,1H3,(H,24,28)(H,25,26)(H,29,30)/t13-,18-/m1/s1. The number of amides is 1. The Labute approximate surface area is 182 Å². The Balaban J connectivity index is 1.78. The third kappa shape index (κ3) is 5.51. The van der Waals surface area contributed by atoms with Gasteiger partial charge in [-0.25, -0.2) is 9.59 Å². The van der Waals surface area contributed by atoms with Crippen molar-refractivity contribution in [2.75, 3.05) is 0 Å². The van der Waals surface area contributed by atoms with Crippen LogP contribution in [0.15, 0.2) is 63.8 Å². The number of nitrogens with one attached hydrogen (secondary N) is 1. The molecule has 0 unspecified atom stereocenters. The number of ether oxygens (including phenoxy) is 1. The fourth-order valence-electron chi connectivity index (χ4n) is 3.14. The summed E-state index contributed by atoms with van der Waals surface area (Å²) in [4.78, 5) is 46.3. The zero-order chi connectivity index (χ0) is 23.3. The van der Waals surface area contributed by atoms with Crippen LogP contribution in [0.1, 0.15) is 19.8 Å². The molecule has 3 rings (SSSR count). The first-order valence-electron chi connectivity index (χ1n) is 9.79. The molecule has 0 radical (unpaired) electrons. The number of hydrogen-bond acceptors (Lipinski definition) is 6. The Morgan fingerprint density at radius 1 is 1.06 bits per heavy atom. The molecule has 0 saturated heterocycles. The molecular weight excluding hydrogens is 418 g/mol. The van der Waals surface area contributed by atoms with E-state index in [1.807, 2.05) is 30.3 Å². The second-order valence-corrected chi connectivity index (χ2v) is 7.10. The van der Waals surface area contributed by atoms with Gasteiger partial charge in [0.15, 0.2) is 6.10 Å². The summed E-state index contributed by atoms with van der Waals surface area (Å²) in [7, 11) is 0. The highest BCUT2D eigenvalue weighted by Crippen LogP contribution is 2.29. The van der Waals surface area contributed by atoms with Crippen LogP contribution in [0.2, 0.25) is 0 Å². The van der Waals surface area contributed by atoms with E-state index >= 15 is 0 Å². The second-order valence-electron chi connectivity index (χ2n) is 7.10. The van der Waals surface area contributed by atoms with Gasteiger partial charge >= 0.3 is 17.6 Å². The predicted molar refractivity (Wildman–Crippen MR) is 114 cm³/mol. The average molecular weight is 439 g/mol. The molecule has 1 heterocycles. The van der Waals surface area contributed by atoms with Gasteiger partial charge in [0.2, 0.25) is 0 Å². The smallest absolute Gasteiger partial charge is 0.336 e. The highest BCUT2D eigenvalue weighted by atomic mass is 16.5. The molecule has 0 aliphatic heterocycles. The SMILES string of the molecule is C[C@@H](Oc1ccc2c(-c3ccccc3)cc(=O)oc2c1)C(=O)N[C@H](CCC(=O)O)C(=O)O. The zero-order valence-electron chi connectivity index (χ0n) is 17.1. The average Bonchev–Trinajstić information content (AvgIpc) is 2.75. The predicted octanol–water partition coefficient (Wildman–Crippen LogP) is 2.66. The maximum Gasteiger partial charge on any atom is 0.336 e. The maximum absolute atomic E-state index is 12.3. The van der Waals surface area contributed by atoms with Crippen molar-refractivity contribution in [3.8, 4) is 16.9 Å². The first kappa shape index (κ1) is 22.5. The highest BCUT2D eigenvalue weighted by Gasteiger charge is 2.24. The van der Waals surface area contributed by atoms with E-state index in [1.165, 1.54) is 19.1 Å². The summed E-state index contributed by atoms with van der Waals surface area (Å²) < 4.78 is 10.9. The molecule has 0 bridgehead atoms. The van der Waals surface area contributed by atoms with E-state index in [1.54, 1.807) is 12.1 Å². The Hall–Kier alpha value is -4.14. The van der Waals surface area contributed by atoms with Crippen LogP contribution in [0, 0.1) is 0 Å². The number of carboxylic acids is 2. The summed E-state index contributed by atoms with van der Waals surface area (Å²) >= 11 is 0. The minimum absolute atomic E-state index is 0.242. The summed E-state index contributed by atoms with van der Waals surface area (Å²) in [6, 6.07) is 14.2. The summed E-state index contributed by atoms with van der Waals surface area (Å²) in [5.74, 6) is -2.98. The molecule has 3 aromatic rings. The highest BCUT2D eigenvalue weighted by molar-refractivity contribution is 5.94. The minimum Gasteiger partial charge on any atom is -0.481 e. The molecule has 0 spiro atoms. The molecule has 1 aromatic heterocycles.